The monoisotopic (exact) mass is 396 g/mol. The fourth-order valence-corrected chi connectivity index (χ4v) is 3.84. The molecule has 1 fully saturated rings. The van der Waals surface area contributed by atoms with Gasteiger partial charge in [-0.25, -0.2) is 0 Å². The molecule has 0 saturated carbocycles. The summed E-state index contributed by atoms with van der Waals surface area (Å²) in [5, 5.41) is 3.46. The van der Waals surface area contributed by atoms with Crippen LogP contribution in [0.15, 0.2) is 52.0 Å². The summed E-state index contributed by atoms with van der Waals surface area (Å²) in [5.41, 5.74) is 2.53. The van der Waals surface area contributed by atoms with Gasteiger partial charge in [0.2, 0.25) is 0 Å². The second-order valence-electron chi connectivity index (χ2n) is 6.30. The van der Waals surface area contributed by atoms with Crippen molar-refractivity contribution in [2.75, 3.05) is 0 Å². The maximum absolute atomic E-state index is 11.9. The number of furan rings is 1. The minimum absolute atomic E-state index is 0.0946. The average Bonchev–Trinajstić information content (AvgIpc) is 3.16. The molecule has 1 aliphatic heterocycles. The van der Waals surface area contributed by atoms with Gasteiger partial charge in [0.1, 0.15) is 21.4 Å². The van der Waals surface area contributed by atoms with Gasteiger partial charge in [-0.3, -0.25) is 9.78 Å². The van der Waals surface area contributed by atoms with E-state index in [0.717, 1.165) is 22.3 Å². The van der Waals surface area contributed by atoms with E-state index in [-0.39, 0.29) is 12.0 Å². The van der Waals surface area contributed by atoms with E-state index >= 15 is 0 Å². The van der Waals surface area contributed by atoms with Crippen molar-refractivity contribution >= 4 is 51.3 Å². The van der Waals surface area contributed by atoms with Gasteiger partial charge in [0, 0.05) is 29.4 Å². The Labute approximate surface area is 165 Å². The normalized spacial score (nSPS) is 15.7. The number of rotatable bonds is 4. The molecule has 136 valence electrons. The van der Waals surface area contributed by atoms with Gasteiger partial charge in [-0.05, 0) is 37.6 Å². The molecule has 1 aromatic carbocycles. The van der Waals surface area contributed by atoms with E-state index in [4.69, 9.17) is 21.4 Å². The van der Waals surface area contributed by atoms with E-state index in [0.29, 0.717) is 20.6 Å². The van der Waals surface area contributed by atoms with Crippen molar-refractivity contribution in [1.82, 2.24) is 10.3 Å². The number of pyridine rings is 1. The van der Waals surface area contributed by atoms with Crippen molar-refractivity contribution in [1.29, 1.82) is 0 Å². The zero-order valence-corrected chi connectivity index (χ0v) is 16.3. The largest absolute Gasteiger partial charge is 0.491 e. The molecule has 2 aromatic heterocycles. The van der Waals surface area contributed by atoms with Crippen LogP contribution in [0.2, 0.25) is 0 Å². The van der Waals surface area contributed by atoms with E-state index in [1.807, 2.05) is 44.2 Å². The van der Waals surface area contributed by atoms with Gasteiger partial charge in [0.15, 0.2) is 0 Å². The number of nitrogens with zero attached hydrogens (tertiary/aromatic N) is 1. The predicted molar refractivity (Wildman–Crippen MR) is 112 cm³/mol. The van der Waals surface area contributed by atoms with E-state index in [9.17, 15) is 4.79 Å². The number of hydrogen-bond donors (Lipinski definition) is 1. The van der Waals surface area contributed by atoms with Crippen molar-refractivity contribution in [3.63, 3.8) is 0 Å². The maximum atomic E-state index is 11.9. The van der Waals surface area contributed by atoms with Crippen LogP contribution in [0.25, 0.3) is 28.2 Å². The van der Waals surface area contributed by atoms with Crippen LogP contribution in [0, 0.1) is 0 Å². The third-order valence-corrected chi connectivity index (χ3v) is 5.04. The predicted octanol–water partition coefficient (Wildman–Crippen LogP) is 4.77. The second kappa shape index (κ2) is 7.17. The number of benzene rings is 1. The first kappa shape index (κ1) is 17.8. The van der Waals surface area contributed by atoms with Crippen LogP contribution in [-0.2, 0) is 4.79 Å². The third-order valence-electron chi connectivity index (χ3n) is 3.87. The molecule has 4 rings (SSSR count). The van der Waals surface area contributed by atoms with Crippen molar-refractivity contribution in [3.8, 4) is 16.9 Å². The first-order chi connectivity index (χ1) is 13.0. The summed E-state index contributed by atoms with van der Waals surface area (Å²) in [6.45, 7) is 3.98. The average molecular weight is 396 g/mol. The van der Waals surface area contributed by atoms with Crippen molar-refractivity contribution < 1.29 is 13.9 Å². The number of thioether (sulfide) groups is 1. The number of nitrogens with one attached hydrogen (secondary N) is 1. The molecule has 0 radical (unpaired) electrons. The zero-order valence-electron chi connectivity index (χ0n) is 14.7. The first-order valence-electron chi connectivity index (χ1n) is 8.39. The van der Waals surface area contributed by atoms with Gasteiger partial charge >= 0.3 is 0 Å². The molecule has 0 unspecified atom stereocenters. The molecular formula is C20H16N2O3S2. The molecule has 3 heterocycles. The van der Waals surface area contributed by atoms with Gasteiger partial charge in [-0.15, -0.1) is 0 Å². The zero-order chi connectivity index (χ0) is 19.0. The van der Waals surface area contributed by atoms with Crippen molar-refractivity contribution in [2.24, 2.45) is 0 Å². The summed E-state index contributed by atoms with van der Waals surface area (Å²) >= 11 is 6.24. The third kappa shape index (κ3) is 3.74. The Balaban J connectivity index is 1.75. The van der Waals surface area contributed by atoms with E-state index in [1.54, 1.807) is 18.5 Å². The van der Waals surface area contributed by atoms with Crippen molar-refractivity contribution in [2.45, 2.75) is 20.0 Å². The van der Waals surface area contributed by atoms with Crippen LogP contribution in [0.3, 0.4) is 0 Å². The van der Waals surface area contributed by atoms with E-state index in [2.05, 4.69) is 10.3 Å². The highest BCUT2D eigenvalue weighted by Gasteiger charge is 2.23. The SMILES string of the molecule is CC(C)Oc1cccc(-c2cncc3cc(C=C4SC(=S)NC4=O)oc23)c1. The standard InChI is InChI=1S/C20H16N2O3S2/c1-11(2)24-14-5-3-4-12(6-14)16-10-21-9-13-7-15(25-18(13)16)8-17-19(23)22-20(26)27-17/h3-11H,1-2H3,(H,22,23,26). The molecule has 7 heteroatoms. The summed E-state index contributed by atoms with van der Waals surface area (Å²) in [7, 11) is 0. The highest BCUT2D eigenvalue weighted by molar-refractivity contribution is 8.26. The molecule has 27 heavy (non-hydrogen) atoms. The maximum Gasteiger partial charge on any atom is 0.263 e. The number of carbonyl (C=O) groups excluding carboxylic acids is 1. The second-order valence-corrected chi connectivity index (χ2v) is 8.02. The van der Waals surface area contributed by atoms with Crippen LogP contribution in [0.5, 0.6) is 5.75 Å². The molecule has 0 aliphatic carbocycles. The number of hydrogen-bond acceptors (Lipinski definition) is 6. The van der Waals surface area contributed by atoms with E-state index < -0.39 is 0 Å². The van der Waals surface area contributed by atoms with Crippen LogP contribution in [0.4, 0.5) is 0 Å². The molecule has 1 N–H and O–H groups in total. The number of fused-ring (bicyclic) bond motifs is 1. The van der Waals surface area contributed by atoms with E-state index in [1.165, 1.54) is 11.8 Å². The lowest BCUT2D eigenvalue weighted by Gasteiger charge is -2.11. The topological polar surface area (TPSA) is 64.4 Å². The Morgan fingerprint density at radius 2 is 2.15 bits per heavy atom. The Kier molecular flexibility index (Phi) is 4.72. The number of amides is 1. The smallest absolute Gasteiger partial charge is 0.263 e. The van der Waals surface area contributed by atoms with Crippen LogP contribution in [-0.4, -0.2) is 21.3 Å². The summed E-state index contributed by atoms with van der Waals surface area (Å²) in [5.74, 6) is 1.17. The summed E-state index contributed by atoms with van der Waals surface area (Å²) in [6.07, 6.45) is 5.30. The molecule has 0 spiro atoms. The molecule has 0 atom stereocenters. The molecule has 5 nitrogen and oxygen atoms in total. The van der Waals surface area contributed by atoms with Gasteiger partial charge < -0.3 is 14.5 Å². The summed E-state index contributed by atoms with van der Waals surface area (Å²) in [6, 6.07) is 9.69. The Morgan fingerprint density at radius 3 is 2.89 bits per heavy atom. The van der Waals surface area contributed by atoms with Crippen LogP contribution in [0.1, 0.15) is 19.6 Å². The fraction of sp³-hybridized carbons (Fsp3) is 0.150. The molecule has 1 saturated heterocycles. The van der Waals surface area contributed by atoms with Gasteiger partial charge in [0.05, 0.1) is 11.0 Å². The lowest BCUT2D eigenvalue weighted by atomic mass is 10.1. The number of ether oxygens (including phenoxy) is 1. The highest BCUT2D eigenvalue weighted by Crippen LogP contribution is 2.34. The summed E-state index contributed by atoms with van der Waals surface area (Å²) in [4.78, 5) is 16.7. The number of thiocarbonyl (C=S) groups is 1. The lowest BCUT2D eigenvalue weighted by molar-refractivity contribution is -0.115. The Morgan fingerprint density at radius 1 is 1.30 bits per heavy atom. The highest BCUT2D eigenvalue weighted by atomic mass is 32.2. The minimum atomic E-state index is -0.206. The van der Waals surface area contributed by atoms with Crippen LogP contribution < -0.4 is 10.1 Å². The number of carbonyl (C=O) groups is 1. The quantitative estimate of drug-likeness (QED) is 0.506. The molecule has 3 aromatic rings. The van der Waals surface area contributed by atoms with Gasteiger partial charge in [-0.2, -0.15) is 0 Å². The Bertz CT molecular complexity index is 1090. The van der Waals surface area contributed by atoms with Crippen molar-refractivity contribution in [3.05, 3.63) is 53.4 Å². The lowest BCUT2D eigenvalue weighted by Crippen LogP contribution is -2.17. The molecule has 1 amide bonds. The van der Waals surface area contributed by atoms with Gasteiger partial charge in [-0.1, -0.05) is 36.1 Å². The minimum Gasteiger partial charge on any atom is -0.491 e. The van der Waals surface area contributed by atoms with Crippen LogP contribution >= 0.6 is 24.0 Å². The van der Waals surface area contributed by atoms with Gasteiger partial charge in [0.25, 0.3) is 5.91 Å². The fourth-order valence-electron chi connectivity index (χ4n) is 2.82. The molecule has 0 bridgehead atoms. The summed E-state index contributed by atoms with van der Waals surface area (Å²) < 4.78 is 12.3. The first-order valence-corrected chi connectivity index (χ1v) is 9.61. The molecule has 1 aliphatic rings. The molecular weight excluding hydrogens is 380 g/mol. The number of aromatic nitrogens is 1. The Hall–Kier alpha value is -2.64.